The molecular formula is C31H88. The highest BCUT2D eigenvalue weighted by atomic mass is 13.4. The molecule has 0 aromatic heterocycles. The van der Waals surface area contributed by atoms with Crippen molar-refractivity contribution in [3.05, 3.63) is 0 Å². The van der Waals surface area contributed by atoms with E-state index in [1.807, 2.05) is 0 Å². The molecule has 31 heavy (non-hydrogen) atoms. The Morgan fingerprint density at radius 1 is 0.161 bits per heavy atom. The molecule has 0 aliphatic heterocycles. The molecule has 0 fully saturated rings. The fraction of sp³-hybridized carbons (Fsp3) is 1.00. The SMILES string of the molecule is C.C.C.C.CCC.CCC.CCC.CCC.CCC.CCC.CCC.CCC.CCC. The van der Waals surface area contributed by atoms with Gasteiger partial charge in [0.2, 0.25) is 0 Å². The van der Waals surface area contributed by atoms with E-state index in [4.69, 9.17) is 0 Å². The van der Waals surface area contributed by atoms with Crippen molar-refractivity contribution in [2.75, 3.05) is 0 Å². The second-order valence-corrected chi connectivity index (χ2v) is 6.36. The third kappa shape index (κ3) is 0. The van der Waals surface area contributed by atoms with Gasteiger partial charge in [-0.15, -0.1) is 0 Å². The first-order valence-electron chi connectivity index (χ1n) is 12.7. The highest BCUT2D eigenvalue weighted by Crippen LogP contribution is 1.58. The van der Waals surface area contributed by atoms with Gasteiger partial charge in [0.05, 0.1) is 0 Å². The van der Waals surface area contributed by atoms with E-state index in [9.17, 15) is 0 Å². The number of hydrogen-bond donors (Lipinski definition) is 0. The molecule has 0 aliphatic rings. The smallest absolute Gasteiger partial charge is 0.0590 e. The monoisotopic (exact) mass is 461 g/mol. The summed E-state index contributed by atoms with van der Waals surface area (Å²) in [4.78, 5) is 0. The lowest BCUT2D eigenvalue weighted by molar-refractivity contribution is 1.09. The zero-order valence-electron chi connectivity index (χ0n) is 24.4. The van der Waals surface area contributed by atoms with Crippen LogP contribution in [0.4, 0.5) is 0 Å². The molecule has 0 spiro atoms. The zero-order chi connectivity index (χ0) is 24.4. The fourth-order valence-electron chi connectivity index (χ4n) is 0. The van der Waals surface area contributed by atoms with Crippen LogP contribution in [0.25, 0.3) is 0 Å². The van der Waals surface area contributed by atoms with Crippen LogP contribution in [-0.2, 0) is 0 Å². The molecule has 0 amide bonds. The molecule has 0 unspecified atom stereocenters. The maximum atomic E-state index is 2.12. The minimum absolute atomic E-state index is 0. The summed E-state index contributed by atoms with van der Waals surface area (Å²) in [7, 11) is 0. The van der Waals surface area contributed by atoms with Crippen LogP contribution in [0.1, 0.15) is 212 Å². The van der Waals surface area contributed by atoms with Crippen molar-refractivity contribution in [2.24, 2.45) is 0 Å². The van der Waals surface area contributed by atoms with Gasteiger partial charge in [-0.2, -0.15) is 0 Å². The topological polar surface area (TPSA) is 0 Å². The lowest BCUT2D eigenvalue weighted by Gasteiger charge is -1.48. The highest BCUT2D eigenvalue weighted by Gasteiger charge is 1.38. The summed E-state index contributed by atoms with van der Waals surface area (Å²) in [5.41, 5.74) is 0. The lowest BCUT2D eigenvalue weighted by atomic mass is 10.6. The van der Waals surface area contributed by atoms with Crippen molar-refractivity contribution in [1.82, 2.24) is 0 Å². The van der Waals surface area contributed by atoms with Gasteiger partial charge in [0, 0.05) is 0 Å². The average Bonchev–Trinajstić information content (AvgIpc) is 2.53. The second kappa shape index (κ2) is 311. The summed E-state index contributed by atoms with van der Waals surface area (Å²) in [6.07, 6.45) is 11.2. The zero-order valence-corrected chi connectivity index (χ0v) is 24.4. The van der Waals surface area contributed by atoms with Gasteiger partial charge < -0.3 is 0 Å². The predicted octanol–water partition coefficient (Wildman–Crippen LogP) is 15.3. The standard InChI is InChI=1S/9C3H8.4CH4/c9*1-3-2;;;;/h9*3H2,1-2H3;4*1H4. The van der Waals surface area contributed by atoms with Crippen molar-refractivity contribution in [2.45, 2.75) is 212 Å². The second-order valence-electron chi connectivity index (χ2n) is 6.36. The minimum atomic E-state index is 0. The first-order valence-corrected chi connectivity index (χ1v) is 12.7. The van der Waals surface area contributed by atoms with Crippen LogP contribution in [0.2, 0.25) is 0 Å². The molecule has 0 saturated heterocycles. The lowest BCUT2D eigenvalue weighted by Crippen LogP contribution is -1.27. The van der Waals surface area contributed by atoms with Crippen molar-refractivity contribution < 1.29 is 0 Å². The number of hydrogen-bond acceptors (Lipinski definition) is 0. The molecule has 0 radical (unpaired) electrons. The molecule has 0 nitrogen and oxygen atoms in total. The van der Waals surface area contributed by atoms with E-state index in [1.165, 1.54) is 57.8 Å². The van der Waals surface area contributed by atoms with Crippen LogP contribution in [0, 0.1) is 0 Å². The Morgan fingerprint density at radius 2 is 0.161 bits per heavy atom. The number of rotatable bonds is 0. The quantitative estimate of drug-likeness (QED) is 0.337. The molecule has 0 saturated carbocycles. The van der Waals surface area contributed by atoms with Crippen LogP contribution < -0.4 is 0 Å². The van der Waals surface area contributed by atoms with Gasteiger partial charge in [0.25, 0.3) is 0 Å². The van der Waals surface area contributed by atoms with Gasteiger partial charge in [-0.05, 0) is 0 Å². The molecule has 0 atom stereocenters. The minimum Gasteiger partial charge on any atom is -0.0776 e. The molecular weight excluding hydrogens is 372 g/mol. The van der Waals surface area contributed by atoms with E-state index in [2.05, 4.69) is 125 Å². The van der Waals surface area contributed by atoms with E-state index < -0.39 is 0 Å². The molecule has 0 aromatic rings. The van der Waals surface area contributed by atoms with E-state index in [1.54, 1.807) is 0 Å². The van der Waals surface area contributed by atoms with E-state index in [-0.39, 0.29) is 29.7 Å². The van der Waals surface area contributed by atoms with E-state index in [0.29, 0.717) is 0 Å². The Labute approximate surface area is 212 Å². The van der Waals surface area contributed by atoms with Crippen molar-refractivity contribution >= 4 is 0 Å². The maximum Gasteiger partial charge on any atom is -0.0590 e. The van der Waals surface area contributed by atoms with Gasteiger partial charge in [-0.3, -0.25) is 0 Å². The van der Waals surface area contributed by atoms with Crippen LogP contribution in [0.5, 0.6) is 0 Å². The summed E-state index contributed by atoms with van der Waals surface area (Å²) in [5, 5.41) is 0. The summed E-state index contributed by atoms with van der Waals surface area (Å²) in [5.74, 6) is 0. The van der Waals surface area contributed by atoms with Crippen LogP contribution in [0.15, 0.2) is 0 Å². The van der Waals surface area contributed by atoms with Gasteiger partial charge in [-0.1, -0.05) is 212 Å². The molecule has 0 N–H and O–H groups in total. The predicted molar refractivity (Wildman–Crippen MR) is 171 cm³/mol. The van der Waals surface area contributed by atoms with Gasteiger partial charge in [0.1, 0.15) is 0 Å². The molecule has 0 aromatic carbocycles. The molecule has 0 heteroatoms. The van der Waals surface area contributed by atoms with Gasteiger partial charge >= 0.3 is 0 Å². The summed E-state index contributed by atoms with van der Waals surface area (Å²) < 4.78 is 0. The Balaban J connectivity index is -0.0000000105. The maximum absolute atomic E-state index is 2.12. The van der Waals surface area contributed by atoms with Gasteiger partial charge in [0.15, 0.2) is 0 Å². The average molecular weight is 461 g/mol. The first kappa shape index (κ1) is 86.1. The van der Waals surface area contributed by atoms with E-state index >= 15 is 0 Å². The third-order valence-corrected chi connectivity index (χ3v) is 0. The van der Waals surface area contributed by atoms with Crippen molar-refractivity contribution in [3.8, 4) is 0 Å². The van der Waals surface area contributed by atoms with E-state index in [0.717, 1.165) is 0 Å². The van der Waals surface area contributed by atoms with Crippen molar-refractivity contribution in [1.29, 1.82) is 0 Å². The molecule has 0 aliphatic carbocycles. The van der Waals surface area contributed by atoms with Gasteiger partial charge in [-0.25, -0.2) is 0 Å². The Hall–Kier alpha value is 0. The van der Waals surface area contributed by atoms with Crippen LogP contribution >= 0.6 is 0 Å². The summed E-state index contributed by atoms with van der Waals surface area (Å²) in [6, 6.07) is 0. The highest BCUT2D eigenvalue weighted by molar-refractivity contribution is 3.94. The Bertz CT molecular complexity index is 28.5. The molecule has 0 bridgehead atoms. The largest absolute Gasteiger partial charge is 0.0776 e. The first-order chi connectivity index (χ1) is 12.7. The Morgan fingerprint density at radius 3 is 0.161 bits per heavy atom. The summed E-state index contributed by atoms with van der Waals surface area (Å²) >= 11 is 0. The molecule has 212 valence electrons. The Kier molecular flexibility index (Phi) is 865. The molecule has 0 heterocycles. The summed E-state index contributed by atoms with van der Waals surface area (Å²) in [6.45, 7) is 38.2. The fourth-order valence-corrected chi connectivity index (χ4v) is 0. The van der Waals surface area contributed by atoms with Crippen LogP contribution in [-0.4, -0.2) is 0 Å². The van der Waals surface area contributed by atoms with Crippen LogP contribution in [0.3, 0.4) is 0 Å². The molecule has 0 rings (SSSR count). The van der Waals surface area contributed by atoms with Crippen molar-refractivity contribution in [3.63, 3.8) is 0 Å². The third-order valence-electron chi connectivity index (χ3n) is 0. The normalized spacial score (nSPS) is 5.23.